The Morgan fingerprint density at radius 1 is 0.971 bits per heavy atom. The molecule has 1 N–H and O–H groups in total. The first kappa shape index (κ1) is 24.6. The van der Waals surface area contributed by atoms with Gasteiger partial charge in [-0.25, -0.2) is 4.98 Å². The lowest BCUT2D eigenvalue weighted by Gasteiger charge is -2.40. The summed E-state index contributed by atoms with van der Waals surface area (Å²) in [6.45, 7) is 5.69. The summed E-state index contributed by atoms with van der Waals surface area (Å²) < 4.78 is 66.4. The first-order valence-corrected chi connectivity index (χ1v) is 12.6. The van der Waals surface area contributed by atoms with Crippen LogP contribution in [0.1, 0.15) is 41.0 Å². The van der Waals surface area contributed by atoms with Gasteiger partial charge in [-0.15, -0.1) is 0 Å². The number of aryl methyl sites for hydroxylation is 2. The van der Waals surface area contributed by atoms with Crippen LogP contribution in [0.3, 0.4) is 0 Å². The van der Waals surface area contributed by atoms with Crippen LogP contribution in [0, 0.1) is 13.8 Å². The maximum atomic E-state index is 13.0. The Labute approximate surface area is 198 Å². The molecule has 11 heteroatoms. The van der Waals surface area contributed by atoms with Gasteiger partial charge >= 0.3 is 10.2 Å². The second kappa shape index (κ2) is 7.77. The molecule has 35 heavy (non-hydrogen) atoms. The molecule has 2 aromatic heterocycles. The zero-order valence-corrected chi connectivity index (χ0v) is 19.9. The fraction of sp³-hybridized carbons (Fsp3) is 0.208. The van der Waals surface area contributed by atoms with Crippen molar-refractivity contribution in [2.75, 3.05) is 0 Å². The van der Waals surface area contributed by atoms with Gasteiger partial charge in [0.25, 0.3) is 5.56 Å². The molecule has 0 radical (unpaired) electrons. The van der Waals surface area contributed by atoms with Crippen molar-refractivity contribution in [3.63, 3.8) is 0 Å². The van der Waals surface area contributed by atoms with E-state index in [4.69, 9.17) is 0 Å². The molecule has 1 atom stereocenters. The molecule has 0 amide bonds. The lowest BCUT2D eigenvalue weighted by molar-refractivity contribution is 0.364. The van der Waals surface area contributed by atoms with Crippen molar-refractivity contribution in [3.05, 3.63) is 99.4 Å². The number of nitrogens with zero attached hydrogens (tertiary/aromatic N) is 3. The highest BCUT2D eigenvalue weighted by Gasteiger charge is 2.65. The molecule has 4 aromatic rings. The number of halogens is 5. The van der Waals surface area contributed by atoms with E-state index in [2.05, 4.69) is 15.1 Å². The van der Waals surface area contributed by atoms with Crippen LogP contribution < -0.4 is 5.56 Å². The van der Waals surface area contributed by atoms with Crippen LogP contribution in [0.25, 0.3) is 11.3 Å². The fourth-order valence-corrected chi connectivity index (χ4v) is 4.34. The summed E-state index contributed by atoms with van der Waals surface area (Å²) in [5.74, 6) is 0.475. The van der Waals surface area contributed by atoms with Crippen molar-refractivity contribution in [2.24, 2.45) is 0 Å². The van der Waals surface area contributed by atoms with Crippen LogP contribution in [-0.4, -0.2) is 19.7 Å². The number of rotatable bonds is 6. The van der Waals surface area contributed by atoms with Gasteiger partial charge in [0.05, 0.1) is 17.9 Å². The van der Waals surface area contributed by atoms with E-state index in [1.54, 1.807) is 13.1 Å². The highest BCUT2D eigenvalue weighted by atomic mass is 32.5. The molecule has 0 aliphatic rings. The third-order valence-corrected chi connectivity index (χ3v) is 7.00. The van der Waals surface area contributed by atoms with Crippen molar-refractivity contribution in [3.8, 4) is 11.3 Å². The second-order valence-corrected chi connectivity index (χ2v) is 11.0. The molecule has 0 aliphatic heterocycles. The molecule has 0 aliphatic carbocycles. The predicted molar refractivity (Wildman–Crippen MR) is 126 cm³/mol. The maximum absolute atomic E-state index is 13.0. The minimum absolute atomic E-state index is 0.332. The molecule has 0 saturated carbocycles. The SMILES string of the molecule is Cc1ccc(Cc2nc(-c3cnn(C(C)c4ccc(S(F)(F)(F)(F)F)cc4)c3)cc(=O)[nH]2)cc1C. The largest absolute Gasteiger partial charge is 0.310 e. The summed E-state index contributed by atoms with van der Waals surface area (Å²) in [5, 5.41) is 4.23. The Kier molecular flexibility index (Phi) is 5.47. The molecular formula is C24H23F5N4OS. The smallest absolute Gasteiger partial charge is 0.310 e. The average molecular weight is 511 g/mol. The van der Waals surface area contributed by atoms with Crippen LogP contribution in [0.4, 0.5) is 19.4 Å². The Morgan fingerprint density at radius 3 is 2.29 bits per heavy atom. The lowest BCUT2D eigenvalue weighted by Crippen LogP contribution is -2.11. The normalized spacial score (nSPS) is 14.9. The molecule has 0 fully saturated rings. The summed E-state index contributed by atoms with van der Waals surface area (Å²) in [7, 11) is -9.73. The van der Waals surface area contributed by atoms with Gasteiger partial charge in [0.2, 0.25) is 0 Å². The van der Waals surface area contributed by atoms with E-state index < -0.39 is 21.2 Å². The predicted octanol–water partition coefficient (Wildman–Crippen LogP) is 7.11. The molecule has 2 aromatic carbocycles. The average Bonchev–Trinajstić information content (AvgIpc) is 3.24. The standard InChI is InChI=1S/C24H23F5N4OS/c1-15-4-5-18(10-16(15)2)11-23-31-22(12-24(34)32-23)20-13-30-33(14-20)17(3)19-6-8-21(9-7-19)35(25,26,27,28)29/h4-10,12-14,17H,11H2,1-3H3,(H,31,32,34). The van der Waals surface area contributed by atoms with Gasteiger partial charge in [0.15, 0.2) is 0 Å². The first-order valence-electron chi connectivity index (χ1n) is 10.6. The van der Waals surface area contributed by atoms with Crippen LogP contribution in [0.15, 0.2) is 70.6 Å². The highest BCUT2D eigenvalue weighted by molar-refractivity contribution is 8.45. The second-order valence-electron chi connectivity index (χ2n) is 8.60. The van der Waals surface area contributed by atoms with E-state index in [0.29, 0.717) is 41.2 Å². The minimum atomic E-state index is -9.73. The van der Waals surface area contributed by atoms with E-state index in [1.165, 1.54) is 16.9 Å². The van der Waals surface area contributed by atoms with Gasteiger partial charge in [0, 0.05) is 24.2 Å². The zero-order chi connectivity index (χ0) is 25.7. The molecule has 0 bridgehead atoms. The molecule has 1 unspecified atom stereocenters. The van der Waals surface area contributed by atoms with E-state index in [9.17, 15) is 24.2 Å². The first-order chi connectivity index (χ1) is 16.1. The van der Waals surface area contributed by atoms with E-state index in [0.717, 1.165) is 28.8 Å². The molecular weight excluding hydrogens is 487 g/mol. The molecule has 0 saturated heterocycles. The van der Waals surface area contributed by atoms with Crippen molar-refractivity contribution >= 4 is 10.2 Å². The summed E-state index contributed by atoms with van der Waals surface area (Å²) in [4.78, 5) is 17.6. The van der Waals surface area contributed by atoms with Gasteiger partial charge in [0.1, 0.15) is 10.7 Å². The fourth-order valence-electron chi connectivity index (χ4n) is 3.68. The molecule has 186 valence electrons. The van der Waals surface area contributed by atoms with E-state index in [-0.39, 0.29) is 5.56 Å². The van der Waals surface area contributed by atoms with Crippen LogP contribution in [-0.2, 0) is 6.42 Å². The minimum Gasteiger partial charge on any atom is -0.310 e. The lowest BCUT2D eigenvalue weighted by atomic mass is 10.0. The highest BCUT2D eigenvalue weighted by Crippen LogP contribution is 3.02. The van der Waals surface area contributed by atoms with Crippen molar-refractivity contribution < 1.29 is 19.4 Å². The Hall–Kier alpha value is -3.47. The van der Waals surface area contributed by atoms with Crippen LogP contribution in [0.5, 0.6) is 0 Å². The quantitative estimate of drug-likeness (QED) is 0.281. The number of benzene rings is 2. The number of H-pyrrole nitrogens is 1. The number of aromatic amines is 1. The monoisotopic (exact) mass is 510 g/mol. The zero-order valence-electron chi connectivity index (χ0n) is 19.1. The third-order valence-electron chi connectivity index (χ3n) is 5.84. The van der Waals surface area contributed by atoms with Gasteiger partial charge in [-0.3, -0.25) is 9.48 Å². The molecule has 2 heterocycles. The number of aromatic nitrogens is 4. The van der Waals surface area contributed by atoms with Gasteiger partial charge < -0.3 is 4.98 Å². The molecule has 4 rings (SSSR count). The molecule has 0 spiro atoms. The summed E-state index contributed by atoms with van der Waals surface area (Å²) >= 11 is 0. The van der Waals surface area contributed by atoms with Crippen LogP contribution >= 0.6 is 10.2 Å². The van der Waals surface area contributed by atoms with Crippen molar-refractivity contribution in [2.45, 2.75) is 38.1 Å². The van der Waals surface area contributed by atoms with Crippen LogP contribution in [0.2, 0.25) is 0 Å². The van der Waals surface area contributed by atoms with Crippen molar-refractivity contribution in [1.82, 2.24) is 19.7 Å². The topological polar surface area (TPSA) is 63.6 Å². The summed E-state index contributed by atoms with van der Waals surface area (Å²) in [6.07, 6.45) is 3.51. The number of hydrogen-bond donors (Lipinski definition) is 1. The van der Waals surface area contributed by atoms with Crippen molar-refractivity contribution in [1.29, 1.82) is 0 Å². The van der Waals surface area contributed by atoms with E-state index >= 15 is 0 Å². The van der Waals surface area contributed by atoms with Gasteiger partial charge in [-0.2, -0.15) is 5.10 Å². The Morgan fingerprint density at radius 2 is 1.66 bits per heavy atom. The Bertz CT molecular complexity index is 1460. The van der Waals surface area contributed by atoms with Gasteiger partial charge in [-0.1, -0.05) is 49.8 Å². The Balaban J connectivity index is 1.58. The summed E-state index contributed by atoms with van der Waals surface area (Å²) in [5.41, 5.74) is 4.24. The number of nitrogens with one attached hydrogen (secondary N) is 1. The summed E-state index contributed by atoms with van der Waals surface area (Å²) in [6, 6.07) is 9.57. The molecule has 5 nitrogen and oxygen atoms in total. The maximum Gasteiger partial charge on any atom is 0.310 e. The van der Waals surface area contributed by atoms with Gasteiger partial charge in [-0.05, 0) is 55.2 Å². The third kappa shape index (κ3) is 5.61. The number of hydrogen-bond acceptors (Lipinski definition) is 3. The van der Waals surface area contributed by atoms with E-state index in [1.807, 2.05) is 32.0 Å².